The third-order valence-corrected chi connectivity index (χ3v) is 3.60. The summed E-state index contributed by atoms with van der Waals surface area (Å²) >= 11 is 6.16. The number of benzene rings is 1. The molecule has 0 aliphatic rings. The predicted octanol–water partition coefficient (Wildman–Crippen LogP) is 4.57. The summed E-state index contributed by atoms with van der Waals surface area (Å²) in [5.74, 6) is 1.39. The van der Waals surface area contributed by atoms with Crippen molar-refractivity contribution in [2.45, 2.75) is 40.7 Å². The van der Waals surface area contributed by atoms with Crippen molar-refractivity contribution in [3.05, 3.63) is 28.8 Å². The van der Waals surface area contributed by atoms with E-state index in [9.17, 15) is 0 Å². The predicted molar refractivity (Wildman–Crippen MR) is 90.7 cm³/mol. The molecule has 0 saturated heterocycles. The molecule has 0 fully saturated rings. The Labute approximate surface area is 129 Å². The second kappa shape index (κ2) is 8.53. The monoisotopic (exact) mass is 296 g/mol. The van der Waals surface area contributed by atoms with Gasteiger partial charge in [-0.05, 0) is 42.5 Å². The lowest BCUT2D eigenvalue weighted by atomic mass is 10.1. The second-order valence-electron chi connectivity index (χ2n) is 6.40. The molecule has 3 heteroatoms. The van der Waals surface area contributed by atoms with E-state index in [4.69, 9.17) is 11.6 Å². The van der Waals surface area contributed by atoms with Crippen LogP contribution >= 0.6 is 11.6 Å². The quantitative estimate of drug-likeness (QED) is 0.756. The van der Waals surface area contributed by atoms with Gasteiger partial charge in [-0.2, -0.15) is 0 Å². The van der Waals surface area contributed by atoms with E-state index in [0.717, 1.165) is 30.6 Å². The average Bonchev–Trinajstić information content (AvgIpc) is 2.37. The summed E-state index contributed by atoms with van der Waals surface area (Å²) in [4.78, 5) is 2.32. The zero-order valence-corrected chi connectivity index (χ0v) is 14.3. The van der Waals surface area contributed by atoms with Crippen molar-refractivity contribution in [3.8, 4) is 0 Å². The molecular formula is C17H29ClN2. The summed E-state index contributed by atoms with van der Waals surface area (Å²) in [6, 6.07) is 6.19. The van der Waals surface area contributed by atoms with E-state index >= 15 is 0 Å². The molecule has 0 saturated carbocycles. The van der Waals surface area contributed by atoms with Crippen molar-refractivity contribution >= 4 is 17.3 Å². The Morgan fingerprint density at radius 2 is 1.85 bits per heavy atom. The molecule has 114 valence electrons. The van der Waals surface area contributed by atoms with Crippen LogP contribution in [0.15, 0.2) is 18.2 Å². The lowest BCUT2D eigenvalue weighted by molar-refractivity contribution is 0.551. The number of anilines is 1. The van der Waals surface area contributed by atoms with E-state index in [1.807, 2.05) is 6.07 Å². The lowest BCUT2D eigenvalue weighted by Gasteiger charge is -2.24. The topological polar surface area (TPSA) is 15.3 Å². The van der Waals surface area contributed by atoms with E-state index in [1.54, 1.807) is 0 Å². The van der Waals surface area contributed by atoms with E-state index < -0.39 is 0 Å². The molecule has 0 aliphatic carbocycles. The summed E-state index contributed by atoms with van der Waals surface area (Å²) in [7, 11) is 2.15. The third-order valence-electron chi connectivity index (χ3n) is 3.37. The molecule has 0 bridgehead atoms. The molecule has 2 nitrogen and oxygen atoms in total. The number of rotatable bonds is 8. The molecule has 0 aromatic heterocycles. The van der Waals surface area contributed by atoms with Gasteiger partial charge in [-0.3, -0.25) is 0 Å². The highest BCUT2D eigenvalue weighted by Crippen LogP contribution is 2.24. The van der Waals surface area contributed by atoms with Crippen LogP contribution in [0.2, 0.25) is 5.02 Å². The Balaban J connectivity index is 2.73. The SMILES string of the molecule is CC(C)CCN(C)c1cc(Cl)ccc1CNCC(C)C. The molecular weight excluding hydrogens is 268 g/mol. The van der Waals surface area contributed by atoms with Crippen molar-refractivity contribution in [2.24, 2.45) is 11.8 Å². The molecule has 20 heavy (non-hydrogen) atoms. The minimum Gasteiger partial charge on any atom is -0.374 e. The molecule has 1 aromatic rings. The Kier molecular flexibility index (Phi) is 7.39. The molecule has 1 aromatic carbocycles. The maximum Gasteiger partial charge on any atom is 0.0426 e. The van der Waals surface area contributed by atoms with Gasteiger partial charge >= 0.3 is 0 Å². The molecule has 0 unspecified atom stereocenters. The third kappa shape index (κ3) is 6.15. The minimum absolute atomic E-state index is 0.671. The fourth-order valence-electron chi connectivity index (χ4n) is 2.11. The van der Waals surface area contributed by atoms with Gasteiger partial charge in [0.1, 0.15) is 0 Å². The van der Waals surface area contributed by atoms with Crippen molar-refractivity contribution in [3.63, 3.8) is 0 Å². The number of halogens is 1. The van der Waals surface area contributed by atoms with E-state index in [1.165, 1.54) is 17.7 Å². The van der Waals surface area contributed by atoms with Crippen LogP contribution in [-0.2, 0) is 6.54 Å². The maximum atomic E-state index is 6.16. The fraction of sp³-hybridized carbons (Fsp3) is 0.647. The molecule has 0 spiro atoms. The molecule has 0 atom stereocenters. The van der Waals surface area contributed by atoms with Crippen LogP contribution in [0, 0.1) is 11.8 Å². The maximum absolute atomic E-state index is 6.16. The Bertz CT molecular complexity index is 402. The minimum atomic E-state index is 0.671. The lowest BCUT2D eigenvalue weighted by Crippen LogP contribution is -2.24. The number of hydrogen-bond acceptors (Lipinski definition) is 2. The average molecular weight is 297 g/mol. The molecule has 0 radical (unpaired) electrons. The van der Waals surface area contributed by atoms with Crippen LogP contribution in [0.1, 0.15) is 39.7 Å². The summed E-state index contributed by atoms with van der Waals surface area (Å²) in [6.45, 7) is 12.0. The number of hydrogen-bond donors (Lipinski definition) is 1. The van der Waals surface area contributed by atoms with Crippen molar-refractivity contribution < 1.29 is 0 Å². The van der Waals surface area contributed by atoms with Crippen LogP contribution in [0.3, 0.4) is 0 Å². The molecule has 0 heterocycles. The van der Waals surface area contributed by atoms with E-state index in [0.29, 0.717) is 5.92 Å². The van der Waals surface area contributed by atoms with Crippen molar-refractivity contribution in [2.75, 3.05) is 25.0 Å². The number of nitrogens with zero attached hydrogens (tertiary/aromatic N) is 1. The van der Waals surface area contributed by atoms with Crippen LogP contribution in [-0.4, -0.2) is 20.1 Å². The van der Waals surface area contributed by atoms with Gasteiger partial charge < -0.3 is 10.2 Å². The highest BCUT2D eigenvalue weighted by Gasteiger charge is 2.09. The number of nitrogens with one attached hydrogen (secondary N) is 1. The van der Waals surface area contributed by atoms with Gasteiger partial charge in [0.15, 0.2) is 0 Å². The summed E-state index contributed by atoms with van der Waals surface area (Å²) in [5, 5.41) is 4.32. The smallest absolute Gasteiger partial charge is 0.0426 e. The highest BCUT2D eigenvalue weighted by atomic mass is 35.5. The van der Waals surface area contributed by atoms with Gasteiger partial charge in [0.05, 0.1) is 0 Å². The fourth-order valence-corrected chi connectivity index (χ4v) is 2.28. The normalized spacial score (nSPS) is 11.4. The van der Waals surface area contributed by atoms with Crippen LogP contribution in [0.4, 0.5) is 5.69 Å². The first kappa shape index (κ1) is 17.3. The summed E-state index contributed by atoms with van der Waals surface area (Å²) in [5.41, 5.74) is 2.57. The molecule has 0 amide bonds. The van der Waals surface area contributed by atoms with E-state index in [2.05, 4.69) is 57.1 Å². The van der Waals surface area contributed by atoms with Crippen LogP contribution < -0.4 is 10.2 Å². The standard InChI is InChI=1S/C17H29ClN2/c1-13(2)8-9-20(5)17-10-16(18)7-6-15(17)12-19-11-14(3)4/h6-7,10,13-14,19H,8-9,11-12H2,1-5H3. The van der Waals surface area contributed by atoms with Gasteiger partial charge in [0.2, 0.25) is 0 Å². The highest BCUT2D eigenvalue weighted by molar-refractivity contribution is 6.30. The van der Waals surface area contributed by atoms with Gasteiger partial charge in [-0.25, -0.2) is 0 Å². The largest absolute Gasteiger partial charge is 0.374 e. The van der Waals surface area contributed by atoms with Gasteiger partial charge in [-0.15, -0.1) is 0 Å². The second-order valence-corrected chi connectivity index (χ2v) is 6.84. The zero-order chi connectivity index (χ0) is 15.1. The molecule has 1 N–H and O–H groups in total. The first-order valence-corrected chi connectivity index (χ1v) is 7.98. The zero-order valence-electron chi connectivity index (χ0n) is 13.5. The molecule has 0 aliphatic heterocycles. The van der Waals surface area contributed by atoms with Gasteiger partial charge in [0, 0.05) is 30.8 Å². The summed E-state index contributed by atoms with van der Waals surface area (Å²) < 4.78 is 0. The van der Waals surface area contributed by atoms with Crippen molar-refractivity contribution in [1.82, 2.24) is 5.32 Å². The van der Waals surface area contributed by atoms with Gasteiger partial charge in [0.25, 0.3) is 0 Å². The van der Waals surface area contributed by atoms with Crippen LogP contribution in [0.25, 0.3) is 0 Å². The summed E-state index contributed by atoms with van der Waals surface area (Å²) in [6.07, 6.45) is 1.20. The molecule has 1 rings (SSSR count). The Morgan fingerprint density at radius 3 is 2.45 bits per heavy atom. The first-order valence-electron chi connectivity index (χ1n) is 7.60. The van der Waals surface area contributed by atoms with Crippen LogP contribution in [0.5, 0.6) is 0 Å². The van der Waals surface area contributed by atoms with E-state index in [-0.39, 0.29) is 0 Å². The first-order chi connectivity index (χ1) is 9.40. The van der Waals surface area contributed by atoms with Gasteiger partial charge in [-0.1, -0.05) is 45.4 Å². The Morgan fingerprint density at radius 1 is 1.15 bits per heavy atom. The Hall–Kier alpha value is -0.730. The van der Waals surface area contributed by atoms with Crippen molar-refractivity contribution in [1.29, 1.82) is 0 Å².